The van der Waals surface area contributed by atoms with Crippen LogP contribution in [0.15, 0.2) is 48.8 Å². The highest BCUT2D eigenvalue weighted by Crippen LogP contribution is 2.41. The molecule has 0 aliphatic carbocycles. The van der Waals surface area contributed by atoms with E-state index < -0.39 is 0 Å². The van der Waals surface area contributed by atoms with E-state index in [1.165, 1.54) is 22.5 Å². The minimum Gasteiger partial charge on any atom is -0.352 e. The van der Waals surface area contributed by atoms with Gasteiger partial charge in [0.2, 0.25) is 0 Å². The molecule has 0 spiro atoms. The highest BCUT2D eigenvalue weighted by atomic mass is 32.1. The van der Waals surface area contributed by atoms with Gasteiger partial charge in [0.05, 0.1) is 17.8 Å². The molecule has 0 bridgehead atoms. The maximum Gasteiger partial charge on any atom is 0.170 e. The van der Waals surface area contributed by atoms with Crippen molar-refractivity contribution < 1.29 is 0 Å². The second kappa shape index (κ2) is 7.36. The average Bonchev–Trinajstić information content (AvgIpc) is 3.17. The van der Waals surface area contributed by atoms with Crippen LogP contribution in [0.4, 0.5) is 0 Å². The van der Waals surface area contributed by atoms with Gasteiger partial charge in [-0.1, -0.05) is 6.07 Å². The first kappa shape index (κ1) is 18.6. The molecule has 5 nitrogen and oxygen atoms in total. The number of likely N-dealkylation sites (N-methyl/N-ethyl adjacent to an activating group) is 1. The second-order valence-corrected chi connectivity index (χ2v) is 7.65. The lowest BCUT2D eigenvalue weighted by Gasteiger charge is -2.27. The van der Waals surface area contributed by atoms with Gasteiger partial charge in [-0.3, -0.25) is 4.98 Å². The highest BCUT2D eigenvalue weighted by molar-refractivity contribution is 7.80. The van der Waals surface area contributed by atoms with Crippen molar-refractivity contribution in [2.75, 3.05) is 6.54 Å². The summed E-state index contributed by atoms with van der Waals surface area (Å²) in [7, 11) is 0. The van der Waals surface area contributed by atoms with Crippen LogP contribution < -0.4 is 5.32 Å². The van der Waals surface area contributed by atoms with Crippen molar-refractivity contribution >= 4 is 17.3 Å². The number of aryl methyl sites for hydroxylation is 2. The molecule has 4 heterocycles. The van der Waals surface area contributed by atoms with E-state index in [4.69, 9.17) is 12.2 Å². The predicted octanol–water partition coefficient (Wildman–Crippen LogP) is 4.18. The lowest BCUT2D eigenvalue weighted by Crippen LogP contribution is -2.29. The topological polar surface area (TPSA) is 46.0 Å². The third kappa shape index (κ3) is 3.07. The maximum absolute atomic E-state index is 5.66. The minimum absolute atomic E-state index is 0.0214. The molecule has 2 atom stereocenters. The fraction of sp³-hybridized carbons (Fsp3) is 0.318. The third-order valence-corrected chi connectivity index (χ3v) is 5.81. The Balaban J connectivity index is 1.84. The van der Waals surface area contributed by atoms with Gasteiger partial charge in [0.1, 0.15) is 5.82 Å². The first-order valence-corrected chi connectivity index (χ1v) is 10.0. The SMILES string of the molecule is CCN1C(=S)N[C@@H](c2ccccn2)[C@@H]1c1cc(C)n(-c2cc(C)ccn2)c1C. The van der Waals surface area contributed by atoms with Crippen LogP contribution in [0.25, 0.3) is 5.82 Å². The van der Waals surface area contributed by atoms with E-state index >= 15 is 0 Å². The fourth-order valence-electron chi connectivity index (χ4n) is 4.17. The van der Waals surface area contributed by atoms with Crippen molar-refractivity contribution in [2.24, 2.45) is 0 Å². The summed E-state index contributed by atoms with van der Waals surface area (Å²) in [5, 5.41) is 4.27. The van der Waals surface area contributed by atoms with Crippen LogP contribution in [0.3, 0.4) is 0 Å². The Morgan fingerprint density at radius 2 is 1.89 bits per heavy atom. The molecule has 0 amide bonds. The molecule has 3 aromatic rings. The van der Waals surface area contributed by atoms with E-state index in [0.29, 0.717) is 0 Å². The van der Waals surface area contributed by atoms with Crippen molar-refractivity contribution in [1.82, 2.24) is 24.8 Å². The zero-order valence-corrected chi connectivity index (χ0v) is 17.5. The summed E-state index contributed by atoms with van der Waals surface area (Å²) < 4.78 is 2.23. The van der Waals surface area contributed by atoms with Crippen LogP contribution in [0.5, 0.6) is 0 Å². The molecule has 144 valence electrons. The number of nitrogens with one attached hydrogen (secondary N) is 1. The molecule has 28 heavy (non-hydrogen) atoms. The van der Waals surface area contributed by atoms with Gasteiger partial charge < -0.3 is 14.8 Å². The number of pyridine rings is 2. The first-order chi connectivity index (χ1) is 13.5. The fourth-order valence-corrected chi connectivity index (χ4v) is 4.54. The van der Waals surface area contributed by atoms with Crippen LogP contribution in [-0.4, -0.2) is 31.1 Å². The van der Waals surface area contributed by atoms with Crippen LogP contribution in [0, 0.1) is 20.8 Å². The Labute approximate surface area is 171 Å². The molecule has 0 radical (unpaired) electrons. The van der Waals surface area contributed by atoms with Gasteiger partial charge in [0, 0.05) is 30.3 Å². The van der Waals surface area contributed by atoms with E-state index in [-0.39, 0.29) is 12.1 Å². The lowest BCUT2D eigenvalue weighted by molar-refractivity contribution is 0.329. The molecule has 0 saturated carbocycles. The van der Waals surface area contributed by atoms with Crippen LogP contribution in [-0.2, 0) is 0 Å². The number of hydrogen-bond donors (Lipinski definition) is 1. The van der Waals surface area contributed by atoms with Crippen molar-refractivity contribution in [3.05, 3.63) is 77.0 Å². The van der Waals surface area contributed by atoms with Crippen LogP contribution in [0.1, 0.15) is 47.2 Å². The smallest absolute Gasteiger partial charge is 0.170 e. The minimum atomic E-state index is 0.0214. The summed E-state index contributed by atoms with van der Waals surface area (Å²) in [6, 6.07) is 12.6. The normalized spacial score (nSPS) is 19.1. The largest absolute Gasteiger partial charge is 0.352 e. The predicted molar refractivity (Wildman–Crippen MR) is 116 cm³/mol. The molecule has 3 aromatic heterocycles. The first-order valence-electron chi connectivity index (χ1n) is 9.61. The summed E-state index contributed by atoms with van der Waals surface area (Å²) in [5.74, 6) is 0.951. The molecule has 0 aromatic carbocycles. The zero-order chi connectivity index (χ0) is 19.8. The Hall–Kier alpha value is -2.73. The Morgan fingerprint density at radius 1 is 1.07 bits per heavy atom. The van der Waals surface area contributed by atoms with E-state index in [1.54, 1.807) is 0 Å². The van der Waals surface area contributed by atoms with Crippen LogP contribution >= 0.6 is 12.2 Å². The summed E-state index contributed by atoms with van der Waals surface area (Å²) in [6.07, 6.45) is 3.70. The Morgan fingerprint density at radius 3 is 2.57 bits per heavy atom. The number of aromatic nitrogens is 3. The van der Waals surface area contributed by atoms with Gasteiger partial charge in [0.15, 0.2) is 5.11 Å². The van der Waals surface area contributed by atoms with Crippen molar-refractivity contribution in [2.45, 2.75) is 39.8 Å². The number of rotatable bonds is 4. The van der Waals surface area contributed by atoms with Gasteiger partial charge in [-0.05, 0) is 81.4 Å². The number of thiocarbonyl (C=S) groups is 1. The summed E-state index contributed by atoms with van der Waals surface area (Å²) >= 11 is 5.66. The van der Waals surface area contributed by atoms with Crippen molar-refractivity contribution in [3.8, 4) is 5.82 Å². The highest BCUT2D eigenvalue weighted by Gasteiger charge is 2.40. The van der Waals surface area contributed by atoms with Gasteiger partial charge in [-0.25, -0.2) is 4.98 Å². The monoisotopic (exact) mass is 391 g/mol. The molecular formula is C22H25N5S. The average molecular weight is 392 g/mol. The quantitative estimate of drug-likeness (QED) is 0.676. The Kier molecular flexibility index (Phi) is 4.89. The van der Waals surface area contributed by atoms with Gasteiger partial charge in [0.25, 0.3) is 0 Å². The van der Waals surface area contributed by atoms with Gasteiger partial charge in [-0.15, -0.1) is 0 Å². The van der Waals surface area contributed by atoms with Crippen molar-refractivity contribution in [1.29, 1.82) is 0 Å². The van der Waals surface area contributed by atoms with E-state index in [9.17, 15) is 0 Å². The standard InChI is InChI=1S/C22H25N5S/c1-5-26-21(20(25-22(26)28)18-8-6-7-10-23-18)17-13-15(3)27(16(17)4)19-12-14(2)9-11-24-19/h6-13,20-21H,5H2,1-4H3,(H,25,28)/t20-,21-/m0/s1. The second-order valence-electron chi connectivity index (χ2n) is 7.27. The molecule has 4 rings (SSSR count). The van der Waals surface area contributed by atoms with E-state index in [1.807, 2.05) is 30.6 Å². The maximum atomic E-state index is 5.66. The zero-order valence-electron chi connectivity index (χ0n) is 16.7. The van der Waals surface area contributed by atoms with Crippen LogP contribution in [0.2, 0.25) is 0 Å². The Bertz CT molecular complexity index is 1010. The molecule has 6 heteroatoms. The molecule has 1 aliphatic rings. The molecule has 0 unspecified atom stereocenters. The third-order valence-electron chi connectivity index (χ3n) is 5.46. The molecular weight excluding hydrogens is 366 g/mol. The number of nitrogens with zero attached hydrogens (tertiary/aromatic N) is 4. The summed E-state index contributed by atoms with van der Waals surface area (Å²) in [4.78, 5) is 11.5. The van der Waals surface area contributed by atoms with Crippen molar-refractivity contribution in [3.63, 3.8) is 0 Å². The molecule has 1 saturated heterocycles. The van der Waals surface area contributed by atoms with E-state index in [0.717, 1.165) is 23.2 Å². The van der Waals surface area contributed by atoms with E-state index in [2.05, 4.69) is 70.6 Å². The molecule has 1 fully saturated rings. The van der Waals surface area contributed by atoms with Gasteiger partial charge in [-0.2, -0.15) is 0 Å². The number of hydrogen-bond acceptors (Lipinski definition) is 3. The molecule has 1 aliphatic heterocycles. The molecule has 1 N–H and O–H groups in total. The lowest BCUT2D eigenvalue weighted by atomic mass is 9.97. The summed E-state index contributed by atoms with van der Waals surface area (Å²) in [6.45, 7) is 9.37. The summed E-state index contributed by atoms with van der Waals surface area (Å²) in [5.41, 5.74) is 5.81. The van der Waals surface area contributed by atoms with Gasteiger partial charge >= 0.3 is 0 Å².